The molecule has 1 aromatic carbocycles. The van der Waals surface area contributed by atoms with Gasteiger partial charge in [-0.2, -0.15) is 0 Å². The molecule has 1 aromatic rings. The monoisotopic (exact) mass is 272 g/mol. The van der Waals surface area contributed by atoms with E-state index in [0.29, 0.717) is 13.2 Å². The highest BCUT2D eigenvalue weighted by atomic mass is 35.5. The zero-order valence-electron chi connectivity index (χ0n) is 10.9. The van der Waals surface area contributed by atoms with Crippen LogP contribution >= 0.6 is 11.6 Å². The number of aliphatic hydroxyl groups excluding tert-OH is 1. The van der Waals surface area contributed by atoms with Gasteiger partial charge in [-0.15, -0.1) is 0 Å². The molecule has 0 spiro atoms. The Bertz CT molecular complexity index is 361. The van der Waals surface area contributed by atoms with Crippen molar-refractivity contribution in [3.8, 4) is 0 Å². The second-order valence-electron chi connectivity index (χ2n) is 4.09. The summed E-state index contributed by atoms with van der Waals surface area (Å²) in [5.74, 6) is 0. The summed E-state index contributed by atoms with van der Waals surface area (Å²) >= 11 is 6.23. The van der Waals surface area contributed by atoms with Crippen molar-refractivity contribution in [1.29, 1.82) is 0 Å². The van der Waals surface area contributed by atoms with Crippen LogP contribution in [0.25, 0.3) is 0 Å². The first kappa shape index (κ1) is 15.2. The summed E-state index contributed by atoms with van der Waals surface area (Å²) in [6, 6.07) is 5.94. The van der Waals surface area contributed by atoms with Gasteiger partial charge in [0.2, 0.25) is 0 Å². The first-order valence-corrected chi connectivity index (χ1v) is 6.37. The molecule has 5 heteroatoms. The fourth-order valence-corrected chi connectivity index (χ4v) is 1.84. The van der Waals surface area contributed by atoms with Crippen LogP contribution in [0.2, 0.25) is 5.02 Å². The molecule has 1 rings (SSSR count). The van der Waals surface area contributed by atoms with Crippen LogP contribution in [-0.2, 0) is 11.3 Å². The third-order valence-corrected chi connectivity index (χ3v) is 3.06. The van der Waals surface area contributed by atoms with E-state index in [-0.39, 0.29) is 6.61 Å². The van der Waals surface area contributed by atoms with Gasteiger partial charge in [0, 0.05) is 44.5 Å². The van der Waals surface area contributed by atoms with Gasteiger partial charge in [-0.1, -0.05) is 17.7 Å². The molecule has 0 saturated carbocycles. The molecule has 4 nitrogen and oxygen atoms in total. The van der Waals surface area contributed by atoms with E-state index < -0.39 is 0 Å². The van der Waals surface area contributed by atoms with Gasteiger partial charge in [-0.25, -0.2) is 0 Å². The van der Waals surface area contributed by atoms with E-state index in [1.54, 1.807) is 7.11 Å². The summed E-state index contributed by atoms with van der Waals surface area (Å²) < 4.78 is 4.96. The Kier molecular flexibility index (Phi) is 7.05. The average molecular weight is 273 g/mol. The molecule has 102 valence electrons. The van der Waals surface area contributed by atoms with Crippen molar-refractivity contribution in [2.45, 2.75) is 6.54 Å². The molecule has 0 unspecified atom stereocenters. The molecule has 0 aliphatic carbocycles. The van der Waals surface area contributed by atoms with Crippen LogP contribution in [-0.4, -0.2) is 45.6 Å². The maximum Gasteiger partial charge on any atom is 0.0606 e. The van der Waals surface area contributed by atoms with Crippen molar-refractivity contribution in [2.24, 2.45) is 0 Å². The first-order chi connectivity index (χ1) is 8.69. The van der Waals surface area contributed by atoms with Crippen LogP contribution in [0.1, 0.15) is 5.56 Å². The Morgan fingerprint density at radius 3 is 2.83 bits per heavy atom. The second-order valence-corrected chi connectivity index (χ2v) is 4.50. The number of nitrogens with one attached hydrogen (secondary N) is 1. The standard InChI is InChI=1S/C13H21ClN2O2/c1-16(6-7-17)12-4-3-11(13(14)9-12)10-15-5-8-18-2/h3-4,9,15,17H,5-8,10H2,1-2H3. The third-order valence-electron chi connectivity index (χ3n) is 2.71. The molecule has 0 aliphatic heterocycles. The molecule has 0 fully saturated rings. The second kappa shape index (κ2) is 8.32. The number of nitrogens with zero attached hydrogens (tertiary/aromatic N) is 1. The largest absolute Gasteiger partial charge is 0.395 e. The number of hydrogen-bond donors (Lipinski definition) is 2. The minimum Gasteiger partial charge on any atom is -0.395 e. The molecule has 18 heavy (non-hydrogen) atoms. The molecule has 2 N–H and O–H groups in total. The summed E-state index contributed by atoms with van der Waals surface area (Å²) in [4.78, 5) is 1.97. The topological polar surface area (TPSA) is 44.7 Å². The van der Waals surface area contributed by atoms with E-state index in [1.807, 2.05) is 30.1 Å². The van der Waals surface area contributed by atoms with E-state index in [1.165, 1.54) is 0 Å². The van der Waals surface area contributed by atoms with Gasteiger partial charge in [-0.05, 0) is 17.7 Å². The summed E-state index contributed by atoms with van der Waals surface area (Å²) in [7, 11) is 3.61. The molecule has 0 aliphatic rings. The highest BCUT2D eigenvalue weighted by Gasteiger charge is 2.05. The van der Waals surface area contributed by atoms with Crippen LogP contribution in [0.15, 0.2) is 18.2 Å². The molecule has 0 saturated heterocycles. The molecular weight excluding hydrogens is 252 g/mol. The molecule has 0 bridgehead atoms. The fraction of sp³-hybridized carbons (Fsp3) is 0.538. The highest BCUT2D eigenvalue weighted by Crippen LogP contribution is 2.22. The van der Waals surface area contributed by atoms with Crippen molar-refractivity contribution < 1.29 is 9.84 Å². The quantitative estimate of drug-likeness (QED) is 0.704. The SMILES string of the molecule is COCCNCc1ccc(N(C)CCO)cc1Cl. The van der Waals surface area contributed by atoms with E-state index in [0.717, 1.165) is 29.4 Å². The average Bonchev–Trinajstić information content (AvgIpc) is 2.36. The van der Waals surface area contributed by atoms with E-state index >= 15 is 0 Å². The molecule has 0 amide bonds. The predicted molar refractivity (Wildman–Crippen MR) is 75.4 cm³/mol. The summed E-state index contributed by atoms with van der Waals surface area (Å²) in [6.07, 6.45) is 0. The Morgan fingerprint density at radius 1 is 1.44 bits per heavy atom. The van der Waals surface area contributed by atoms with Gasteiger partial charge < -0.3 is 20.1 Å². The number of rotatable bonds is 8. The lowest BCUT2D eigenvalue weighted by Crippen LogP contribution is -2.21. The van der Waals surface area contributed by atoms with Gasteiger partial charge in [0.05, 0.1) is 13.2 Å². The van der Waals surface area contributed by atoms with Crippen molar-refractivity contribution in [3.05, 3.63) is 28.8 Å². The number of benzene rings is 1. The lowest BCUT2D eigenvalue weighted by molar-refractivity contribution is 0.199. The maximum absolute atomic E-state index is 8.89. The summed E-state index contributed by atoms with van der Waals surface area (Å²) in [5, 5.41) is 12.9. The smallest absolute Gasteiger partial charge is 0.0606 e. The van der Waals surface area contributed by atoms with Gasteiger partial charge in [0.1, 0.15) is 0 Å². The third kappa shape index (κ3) is 4.82. The molecule has 0 heterocycles. The first-order valence-electron chi connectivity index (χ1n) is 5.99. The van der Waals surface area contributed by atoms with E-state index in [9.17, 15) is 0 Å². The van der Waals surface area contributed by atoms with Gasteiger partial charge >= 0.3 is 0 Å². The molecule has 0 aromatic heterocycles. The Balaban J connectivity index is 2.56. The fourth-order valence-electron chi connectivity index (χ4n) is 1.59. The van der Waals surface area contributed by atoms with Crippen LogP contribution in [0.4, 0.5) is 5.69 Å². The van der Waals surface area contributed by atoms with Crippen LogP contribution in [0.3, 0.4) is 0 Å². The number of halogens is 1. The number of aliphatic hydroxyl groups is 1. The number of anilines is 1. The van der Waals surface area contributed by atoms with E-state index in [2.05, 4.69) is 5.32 Å². The Hall–Kier alpha value is -0.810. The van der Waals surface area contributed by atoms with Crippen molar-refractivity contribution in [1.82, 2.24) is 5.32 Å². The molecule has 0 radical (unpaired) electrons. The van der Waals surface area contributed by atoms with Crippen LogP contribution in [0, 0.1) is 0 Å². The Labute approximate surface area is 114 Å². The number of likely N-dealkylation sites (N-methyl/N-ethyl adjacent to an activating group) is 1. The minimum atomic E-state index is 0.133. The van der Waals surface area contributed by atoms with Gasteiger partial charge in [0.25, 0.3) is 0 Å². The van der Waals surface area contributed by atoms with E-state index in [4.69, 9.17) is 21.4 Å². The number of hydrogen-bond acceptors (Lipinski definition) is 4. The van der Waals surface area contributed by atoms with Crippen molar-refractivity contribution in [3.63, 3.8) is 0 Å². The number of methoxy groups -OCH3 is 1. The summed E-state index contributed by atoms with van der Waals surface area (Å²) in [6.45, 7) is 2.95. The van der Waals surface area contributed by atoms with Crippen molar-refractivity contribution >= 4 is 17.3 Å². The van der Waals surface area contributed by atoms with Crippen LogP contribution < -0.4 is 10.2 Å². The van der Waals surface area contributed by atoms with Gasteiger partial charge in [-0.3, -0.25) is 0 Å². The number of ether oxygens (including phenoxy) is 1. The highest BCUT2D eigenvalue weighted by molar-refractivity contribution is 6.31. The summed E-state index contributed by atoms with van der Waals surface area (Å²) in [5.41, 5.74) is 2.07. The van der Waals surface area contributed by atoms with Crippen LogP contribution in [0.5, 0.6) is 0 Å². The predicted octanol–water partition coefficient (Wildman–Crippen LogP) is 1.50. The minimum absolute atomic E-state index is 0.133. The maximum atomic E-state index is 8.89. The zero-order chi connectivity index (χ0) is 13.4. The lowest BCUT2D eigenvalue weighted by Gasteiger charge is -2.19. The molecular formula is C13H21ClN2O2. The normalized spacial score (nSPS) is 10.7. The lowest BCUT2D eigenvalue weighted by atomic mass is 10.2. The van der Waals surface area contributed by atoms with Crippen molar-refractivity contribution in [2.75, 3.05) is 45.4 Å². The molecule has 0 atom stereocenters. The van der Waals surface area contributed by atoms with Gasteiger partial charge in [0.15, 0.2) is 0 Å². The Morgan fingerprint density at radius 2 is 2.22 bits per heavy atom. The zero-order valence-corrected chi connectivity index (χ0v) is 11.7.